The van der Waals surface area contributed by atoms with Crippen LogP contribution >= 0.6 is 12.4 Å². The van der Waals surface area contributed by atoms with Crippen LogP contribution in [0, 0.1) is 5.41 Å². The van der Waals surface area contributed by atoms with E-state index in [1.54, 1.807) is 8.61 Å². The van der Waals surface area contributed by atoms with E-state index in [2.05, 4.69) is 5.32 Å². The van der Waals surface area contributed by atoms with Crippen molar-refractivity contribution in [2.75, 3.05) is 39.3 Å². The Balaban J connectivity index is 0.00000147. The van der Waals surface area contributed by atoms with Crippen LogP contribution in [-0.2, 0) is 10.2 Å². The van der Waals surface area contributed by atoms with Crippen molar-refractivity contribution in [3.8, 4) is 0 Å². The van der Waals surface area contributed by atoms with E-state index in [4.69, 9.17) is 0 Å². The molecule has 3 fully saturated rings. The minimum absolute atomic E-state index is 0. The molecule has 0 aromatic rings. The molecular weight excluding hydrogens is 298 g/mol. The van der Waals surface area contributed by atoms with E-state index in [0.717, 1.165) is 45.3 Å². The summed E-state index contributed by atoms with van der Waals surface area (Å²) < 4.78 is 28.9. The largest absolute Gasteiger partial charge is 0.316 e. The van der Waals surface area contributed by atoms with Gasteiger partial charge in [-0.3, -0.25) is 0 Å². The van der Waals surface area contributed by atoms with Crippen LogP contribution in [-0.4, -0.2) is 56.3 Å². The van der Waals surface area contributed by atoms with Crippen molar-refractivity contribution in [2.45, 2.75) is 38.5 Å². The van der Waals surface area contributed by atoms with E-state index in [1.807, 2.05) is 0 Å². The first-order valence-electron chi connectivity index (χ1n) is 7.58. The van der Waals surface area contributed by atoms with Crippen molar-refractivity contribution in [1.29, 1.82) is 0 Å². The summed E-state index contributed by atoms with van der Waals surface area (Å²) in [5.74, 6) is 0. The molecule has 5 nitrogen and oxygen atoms in total. The van der Waals surface area contributed by atoms with Crippen LogP contribution in [0.3, 0.4) is 0 Å². The Morgan fingerprint density at radius 3 is 2.20 bits per heavy atom. The lowest BCUT2D eigenvalue weighted by atomic mass is 9.87. The average molecular weight is 324 g/mol. The molecule has 3 saturated heterocycles. The van der Waals surface area contributed by atoms with Crippen molar-refractivity contribution in [1.82, 2.24) is 13.9 Å². The molecule has 7 heteroatoms. The van der Waals surface area contributed by atoms with Crippen LogP contribution in [0.15, 0.2) is 0 Å². The van der Waals surface area contributed by atoms with Gasteiger partial charge in [-0.05, 0) is 37.6 Å². The molecule has 0 amide bonds. The molecule has 1 N–H and O–H groups in total. The van der Waals surface area contributed by atoms with Gasteiger partial charge in [-0.2, -0.15) is 17.0 Å². The number of nitrogens with one attached hydrogen (secondary N) is 1. The molecule has 0 saturated carbocycles. The summed E-state index contributed by atoms with van der Waals surface area (Å²) in [6, 6.07) is 0. The molecule has 3 aliphatic rings. The first-order chi connectivity index (χ1) is 9.12. The normalized spacial score (nSPS) is 33.2. The quantitative estimate of drug-likeness (QED) is 0.831. The molecule has 0 radical (unpaired) electrons. The molecule has 0 aliphatic carbocycles. The summed E-state index contributed by atoms with van der Waals surface area (Å²) in [7, 11) is -3.21. The zero-order valence-corrected chi connectivity index (χ0v) is 13.6. The van der Waals surface area contributed by atoms with Crippen LogP contribution in [0.2, 0.25) is 0 Å². The predicted molar refractivity (Wildman–Crippen MR) is 82.3 cm³/mol. The smallest absolute Gasteiger partial charge is 0.281 e. The van der Waals surface area contributed by atoms with Crippen molar-refractivity contribution < 1.29 is 8.42 Å². The number of halogens is 1. The molecule has 1 spiro atoms. The second-order valence-electron chi connectivity index (χ2n) is 6.33. The molecule has 0 aromatic carbocycles. The fraction of sp³-hybridized carbons (Fsp3) is 1.00. The number of hydrogen-bond acceptors (Lipinski definition) is 3. The van der Waals surface area contributed by atoms with Gasteiger partial charge in [0.15, 0.2) is 0 Å². The molecule has 3 heterocycles. The standard InChI is InChI=1S/C13H25N3O2S.ClH/c17-19(18,15-8-3-1-2-4-9-15)16-10-6-13(12-16)5-7-14-11-13;/h14H,1-12H2;1H. The maximum atomic E-state index is 12.7. The molecular formula is C13H26ClN3O2S. The van der Waals surface area contributed by atoms with Gasteiger partial charge in [0.1, 0.15) is 0 Å². The lowest BCUT2D eigenvalue weighted by Crippen LogP contribution is -2.44. The summed E-state index contributed by atoms with van der Waals surface area (Å²) >= 11 is 0. The Morgan fingerprint density at radius 1 is 0.900 bits per heavy atom. The van der Waals surface area contributed by atoms with Crippen molar-refractivity contribution in [2.24, 2.45) is 5.41 Å². The minimum Gasteiger partial charge on any atom is -0.316 e. The third-order valence-corrected chi connectivity index (χ3v) is 6.93. The first kappa shape index (κ1) is 16.5. The highest BCUT2D eigenvalue weighted by Gasteiger charge is 2.45. The Kier molecular flexibility index (Phi) is 5.34. The van der Waals surface area contributed by atoms with Gasteiger partial charge < -0.3 is 5.32 Å². The fourth-order valence-corrected chi connectivity index (χ4v) is 5.48. The highest BCUT2D eigenvalue weighted by molar-refractivity contribution is 7.86. The SMILES string of the molecule is Cl.O=S(=O)(N1CCCCCC1)N1CCC2(CCNC2)C1. The van der Waals surface area contributed by atoms with Gasteiger partial charge in [-0.1, -0.05) is 12.8 Å². The monoisotopic (exact) mass is 323 g/mol. The Labute approximate surface area is 128 Å². The van der Waals surface area contributed by atoms with Gasteiger partial charge in [-0.25, -0.2) is 0 Å². The molecule has 118 valence electrons. The van der Waals surface area contributed by atoms with Crippen molar-refractivity contribution in [3.63, 3.8) is 0 Å². The molecule has 0 aromatic heterocycles. The molecule has 1 atom stereocenters. The first-order valence-corrected chi connectivity index (χ1v) is 8.98. The van der Waals surface area contributed by atoms with Gasteiger partial charge in [0.2, 0.25) is 0 Å². The second kappa shape index (κ2) is 6.48. The highest BCUT2D eigenvalue weighted by Crippen LogP contribution is 2.37. The van der Waals surface area contributed by atoms with E-state index in [0.29, 0.717) is 19.6 Å². The number of nitrogens with zero attached hydrogens (tertiary/aromatic N) is 2. The molecule has 1 unspecified atom stereocenters. The van der Waals surface area contributed by atoms with Crippen LogP contribution in [0.4, 0.5) is 0 Å². The summed E-state index contributed by atoms with van der Waals surface area (Å²) in [5, 5.41) is 3.38. The lowest BCUT2D eigenvalue weighted by molar-refractivity contribution is 0.319. The summed E-state index contributed by atoms with van der Waals surface area (Å²) in [5.41, 5.74) is 0.221. The van der Waals surface area contributed by atoms with Crippen LogP contribution in [0.1, 0.15) is 38.5 Å². The highest BCUT2D eigenvalue weighted by atomic mass is 35.5. The molecule has 3 rings (SSSR count). The van der Waals surface area contributed by atoms with Crippen molar-refractivity contribution >= 4 is 22.6 Å². The topological polar surface area (TPSA) is 52.7 Å². The summed E-state index contributed by atoms with van der Waals surface area (Å²) in [4.78, 5) is 0. The van der Waals surface area contributed by atoms with Gasteiger partial charge in [-0.15, -0.1) is 12.4 Å². The van der Waals surface area contributed by atoms with Crippen LogP contribution in [0.25, 0.3) is 0 Å². The van der Waals surface area contributed by atoms with E-state index < -0.39 is 10.2 Å². The third kappa shape index (κ3) is 3.14. The Morgan fingerprint density at radius 2 is 1.60 bits per heavy atom. The van der Waals surface area contributed by atoms with E-state index in [1.165, 1.54) is 12.8 Å². The van der Waals surface area contributed by atoms with Gasteiger partial charge >= 0.3 is 0 Å². The van der Waals surface area contributed by atoms with E-state index in [-0.39, 0.29) is 17.8 Å². The molecule has 20 heavy (non-hydrogen) atoms. The maximum absolute atomic E-state index is 12.7. The summed E-state index contributed by atoms with van der Waals surface area (Å²) in [6.45, 7) is 4.88. The molecule has 3 aliphatic heterocycles. The van der Waals surface area contributed by atoms with Crippen LogP contribution in [0.5, 0.6) is 0 Å². The third-order valence-electron chi connectivity index (χ3n) is 4.95. The number of hydrogen-bond donors (Lipinski definition) is 1. The predicted octanol–water partition coefficient (Wildman–Crippen LogP) is 1.21. The fourth-order valence-electron chi connectivity index (χ4n) is 3.67. The van der Waals surface area contributed by atoms with Gasteiger partial charge in [0, 0.05) is 32.7 Å². The van der Waals surface area contributed by atoms with Gasteiger partial charge in [0.25, 0.3) is 10.2 Å². The zero-order valence-electron chi connectivity index (χ0n) is 12.0. The summed E-state index contributed by atoms with van der Waals surface area (Å²) in [6.07, 6.45) is 6.51. The van der Waals surface area contributed by atoms with Crippen molar-refractivity contribution in [3.05, 3.63) is 0 Å². The number of rotatable bonds is 2. The Hall–Kier alpha value is 0.120. The zero-order chi connectivity index (χ0) is 13.3. The maximum Gasteiger partial charge on any atom is 0.281 e. The van der Waals surface area contributed by atoms with Crippen LogP contribution < -0.4 is 5.32 Å². The van der Waals surface area contributed by atoms with E-state index >= 15 is 0 Å². The minimum atomic E-state index is -3.21. The second-order valence-corrected chi connectivity index (χ2v) is 8.26. The van der Waals surface area contributed by atoms with Gasteiger partial charge in [0.05, 0.1) is 0 Å². The molecule has 0 bridgehead atoms. The Bertz CT molecular complexity index is 415. The van der Waals surface area contributed by atoms with E-state index in [9.17, 15) is 8.42 Å². The average Bonchev–Trinajstić information content (AvgIpc) is 2.93. The lowest BCUT2D eigenvalue weighted by Gasteiger charge is -2.28.